The second-order valence-electron chi connectivity index (χ2n) is 4.32. The fraction of sp³-hybridized carbons (Fsp3) is 0.462. The number of benzene rings is 1. The predicted octanol–water partition coefficient (Wildman–Crippen LogP) is 1.39. The molecule has 0 aliphatic carbocycles. The van der Waals surface area contributed by atoms with E-state index in [1.807, 2.05) is 6.92 Å². The van der Waals surface area contributed by atoms with Gasteiger partial charge in [0.25, 0.3) is 5.91 Å². The van der Waals surface area contributed by atoms with Gasteiger partial charge in [0, 0.05) is 19.8 Å². The minimum Gasteiger partial charge on any atom is -0.394 e. The highest BCUT2D eigenvalue weighted by atomic mass is 19.1. The summed E-state index contributed by atoms with van der Waals surface area (Å²) in [5.41, 5.74) is 0.686. The van der Waals surface area contributed by atoms with E-state index in [9.17, 15) is 9.18 Å². The van der Waals surface area contributed by atoms with Gasteiger partial charge in [-0.25, -0.2) is 4.39 Å². The molecule has 1 atom stereocenters. The summed E-state index contributed by atoms with van der Waals surface area (Å²) in [7, 11) is 3.60. The lowest BCUT2D eigenvalue weighted by molar-refractivity contribution is 0.0911. The average molecular weight is 254 g/mol. The number of carbonyl (C=O) groups excluding carboxylic acids is 1. The number of amides is 1. The highest BCUT2D eigenvalue weighted by Gasteiger charge is 2.15. The molecule has 0 spiro atoms. The lowest BCUT2D eigenvalue weighted by Crippen LogP contribution is -2.37. The van der Waals surface area contributed by atoms with E-state index in [-0.39, 0.29) is 18.2 Å². The van der Waals surface area contributed by atoms with Crippen molar-refractivity contribution in [2.45, 2.75) is 19.4 Å². The van der Waals surface area contributed by atoms with E-state index in [2.05, 4.69) is 5.32 Å². The van der Waals surface area contributed by atoms with Crippen molar-refractivity contribution in [2.24, 2.45) is 0 Å². The fourth-order valence-corrected chi connectivity index (χ4v) is 1.51. The fourth-order valence-electron chi connectivity index (χ4n) is 1.51. The van der Waals surface area contributed by atoms with Crippen LogP contribution in [0.1, 0.15) is 23.7 Å². The molecule has 1 rings (SSSR count). The van der Waals surface area contributed by atoms with Crippen LogP contribution in [0.2, 0.25) is 0 Å². The monoisotopic (exact) mass is 254 g/mol. The van der Waals surface area contributed by atoms with Crippen molar-refractivity contribution in [1.82, 2.24) is 5.32 Å². The first-order valence-electron chi connectivity index (χ1n) is 5.88. The van der Waals surface area contributed by atoms with Crippen LogP contribution < -0.4 is 10.2 Å². The Morgan fingerprint density at radius 3 is 2.61 bits per heavy atom. The lowest BCUT2D eigenvalue weighted by atomic mass is 10.1. The summed E-state index contributed by atoms with van der Waals surface area (Å²) in [6.45, 7) is 1.69. The number of anilines is 1. The van der Waals surface area contributed by atoms with E-state index in [0.29, 0.717) is 12.1 Å². The maximum atomic E-state index is 13.8. The van der Waals surface area contributed by atoms with Crippen LogP contribution >= 0.6 is 0 Å². The van der Waals surface area contributed by atoms with Crippen LogP contribution in [0.4, 0.5) is 10.1 Å². The topological polar surface area (TPSA) is 52.6 Å². The number of hydrogen-bond acceptors (Lipinski definition) is 3. The Kier molecular flexibility index (Phi) is 5.09. The summed E-state index contributed by atoms with van der Waals surface area (Å²) in [6, 6.07) is 4.10. The Morgan fingerprint density at radius 2 is 2.17 bits per heavy atom. The van der Waals surface area contributed by atoms with Crippen molar-refractivity contribution in [3.8, 4) is 0 Å². The average Bonchev–Trinajstić information content (AvgIpc) is 2.35. The molecule has 0 fully saturated rings. The summed E-state index contributed by atoms with van der Waals surface area (Å²) < 4.78 is 13.8. The molecule has 0 aliphatic heterocycles. The van der Waals surface area contributed by atoms with Gasteiger partial charge in [0.2, 0.25) is 0 Å². The van der Waals surface area contributed by atoms with Gasteiger partial charge in [-0.2, -0.15) is 0 Å². The number of hydrogen-bond donors (Lipinski definition) is 2. The summed E-state index contributed by atoms with van der Waals surface area (Å²) in [5.74, 6) is -1.06. The first-order chi connectivity index (χ1) is 8.49. The standard InChI is InChI=1S/C13H19FN2O2/c1-4-9(8-17)15-13(18)11-6-5-10(16(2)3)7-12(11)14/h5-7,9,17H,4,8H2,1-3H3,(H,15,18). The zero-order valence-corrected chi connectivity index (χ0v) is 10.9. The molecule has 4 nitrogen and oxygen atoms in total. The molecule has 0 radical (unpaired) electrons. The van der Waals surface area contributed by atoms with Gasteiger partial charge in [-0.1, -0.05) is 6.92 Å². The highest BCUT2D eigenvalue weighted by molar-refractivity contribution is 5.95. The Morgan fingerprint density at radius 1 is 1.50 bits per heavy atom. The molecule has 0 aromatic heterocycles. The van der Waals surface area contributed by atoms with E-state index in [1.165, 1.54) is 12.1 Å². The molecule has 5 heteroatoms. The van der Waals surface area contributed by atoms with Crippen molar-refractivity contribution < 1.29 is 14.3 Å². The van der Waals surface area contributed by atoms with E-state index in [1.54, 1.807) is 25.1 Å². The van der Waals surface area contributed by atoms with Gasteiger partial charge in [0.15, 0.2) is 0 Å². The molecule has 1 unspecified atom stereocenters. The molecule has 0 heterocycles. The van der Waals surface area contributed by atoms with Gasteiger partial charge in [-0.05, 0) is 24.6 Å². The maximum absolute atomic E-state index is 13.8. The quantitative estimate of drug-likeness (QED) is 0.835. The van der Waals surface area contributed by atoms with Crippen LogP contribution in [-0.4, -0.2) is 37.8 Å². The number of halogens is 1. The summed E-state index contributed by atoms with van der Waals surface area (Å²) >= 11 is 0. The normalized spacial score (nSPS) is 12.1. The van der Waals surface area contributed by atoms with Crippen molar-refractivity contribution in [1.29, 1.82) is 0 Å². The third-order valence-corrected chi connectivity index (χ3v) is 2.76. The Hall–Kier alpha value is -1.62. The number of carbonyl (C=O) groups is 1. The number of rotatable bonds is 5. The summed E-state index contributed by atoms with van der Waals surface area (Å²) in [6.07, 6.45) is 0.597. The number of aliphatic hydroxyl groups excluding tert-OH is 1. The molecule has 0 saturated heterocycles. The second kappa shape index (κ2) is 6.35. The first kappa shape index (κ1) is 14.4. The molecule has 0 saturated carbocycles. The Labute approximate surface area is 106 Å². The van der Waals surface area contributed by atoms with Crippen LogP contribution in [0.25, 0.3) is 0 Å². The Balaban J connectivity index is 2.87. The zero-order valence-electron chi connectivity index (χ0n) is 10.9. The molecule has 0 aliphatic rings. The van der Waals surface area contributed by atoms with Crippen molar-refractivity contribution in [2.75, 3.05) is 25.6 Å². The van der Waals surface area contributed by atoms with E-state index < -0.39 is 11.7 Å². The zero-order chi connectivity index (χ0) is 13.7. The molecular formula is C13H19FN2O2. The molecule has 100 valence electrons. The molecule has 0 bridgehead atoms. The minimum atomic E-state index is -0.563. The van der Waals surface area contributed by atoms with E-state index >= 15 is 0 Å². The maximum Gasteiger partial charge on any atom is 0.254 e. The van der Waals surface area contributed by atoms with Gasteiger partial charge in [0.1, 0.15) is 5.82 Å². The largest absolute Gasteiger partial charge is 0.394 e. The van der Waals surface area contributed by atoms with Crippen molar-refractivity contribution >= 4 is 11.6 Å². The van der Waals surface area contributed by atoms with Gasteiger partial charge >= 0.3 is 0 Å². The molecule has 1 aromatic rings. The van der Waals surface area contributed by atoms with Gasteiger partial charge in [0.05, 0.1) is 18.2 Å². The summed E-state index contributed by atoms with van der Waals surface area (Å²) in [5, 5.41) is 11.6. The van der Waals surface area contributed by atoms with E-state index in [0.717, 1.165) is 0 Å². The van der Waals surface area contributed by atoms with Crippen LogP contribution in [0.5, 0.6) is 0 Å². The van der Waals surface area contributed by atoms with Gasteiger partial charge in [-0.3, -0.25) is 4.79 Å². The third-order valence-electron chi connectivity index (χ3n) is 2.76. The SMILES string of the molecule is CCC(CO)NC(=O)c1ccc(N(C)C)cc1F. The second-order valence-corrected chi connectivity index (χ2v) is 4.32. The van der Waals surface area contributed by atoms with Crippen molar-refractivity contribution in [3.05, 3.63) is 29.6 Å². The molecule has 1 aromatic carbocycles. The van der Waals surface area contributed by atoms with Gasteiger partial charge < -0.3 is 15.3 Å². The Bertz CT molecular complexity index is 417. The highest BCUT2D eigenvalue weighted by Crippen LogP contribution is 2.16. The number of nitrogens with zero attached hydrogens (tertiary/aromatic N) is 1. The minimum absolute atomic E-state index is 0.00694. The van der Waals surface area contributed by atoms with E-state index in [4.69, 9.17) is 5.11 Å². The third kappa shape index (κ3) is 3.43. The van der Waals surface area contributed by atoms with Gasteiger partial charge in [-0.15, -0.1) is 0 Å². The smallest absolute Gasteiger partial charge is 0.254 e. The molecule has 2 N–H and O–H groups in total. The number of nitrogens with one attached hydrogen (secondary N) is 1. The molecular weight excluding hydrogens is 235 g/mol. The number of aliphatic hydroxyl groups is 1. The molecule has 18 heavy (non-hydrogen) atoms. The van der Waals surface area contributed by atoms with Crippen LogP contribution in [0.15, 0.2) is 18.2 Å². The first-order valence-corrected chi connectivity index (χ1v) is 5.88. The molecule has 1 amide bonds. The van der Waals surface area contributed by atoms with Crippen LogP contribution in [-0.2, 0) is 0 Å². The van der Waals surface area contributed by atoms with Crippen LogP contribution in [0.3, 0.4) is 0 Å². The summed E-state index contributed by atoms with van der Waals surface area (Å²) in [4.78, 5) is 13.6. The lowest BCUT2D eigenvalue weighted by Gasteiger charge is -2.16. The van der Waals surface area contributed by atoms with Crippen LogP contribution in [0, 0.1) is 5.82 Å². The predicted molar refractivity (Wildman–Crippen MR) is 69.4 cm³/mol. The van der Waals surface area contributed by atoms with Crippen molar-refractivity contribution in [3.63, 3.8) is 0 Å².